The minimum atomic E-state index is 0.253. The molecule has 0 heterocycles. The summed E-state index contributed by atoms with van der Waals surface area (Å²) < 4.78 is 0. The maximum Gasteiger partial charge on any atom is -0.0132 e. The molecule has 0 aliphatic carbocycles. The number of rotatable bonds is 5. The van der Waals surface area contributed by atoms with Gasteiger partial charge in [-0.05, 0) is 40.7 Å². The summed E-state index contributed by atoms with van der Waals surface area (Å²) in [6, 6.07) is 9.35. The molecule has 0 aliphatic rings. The van der Waals surface area contributed by atoms with E-state index in [0.29, 0.717) is 5.92 Å². The fraction of sp³-hybridized carbons (Fsp3) is 0.684. The van der Waals surface area contributed by atoms with Crippen molar-refractivity contribution in [3.05, 3.63) is 35.4 Å². The Morgan fingerprint density at radius 1 is 0.947 bits per heavy atom. The number of benzene rings is 1. The Bertz CT molecular complexity index is 364. The smallest absolute Gasteiger partial charge is 0.0132 e. The molecule has 0 aliphatic heterocycles. The van der Waals surface area contributed by atoms with Gasteiger partial charge in [-0.25, -0.2) is 0 Å². The van der Waals surface area contributed by atoms with Crippen LogP contribution in [0.3, 0.4) is 0 Å². The van der Waals surface area contributed by atoms with Crippen LogP contribution in [0.5, 0.6) is 0 Å². The molecule has 0 radical (unpaired) electrons. The first-order valence-corrected chi connectivity index (χ1v) is 7.86. The van der Waals surface area contributed by atoms with Gasteiger partial charge in [0.15, 0.2) is 0 Å². The highest BCUT2D eigenvalue weighted by atomic mass is 14.2. The van der Waals surface area contributed by atoms with E-state index in [1.165, 1.54) is 24.0 Å². The van der Waals surface area contributed by atoms with E-state index < -0.39 is 0 Å². The highest BCUT2D eigenvalue weighted by Gasteiger charge is 2.19. The van der Waals surface area contributed by atoms with Crippen LogP contribution in [0.4, 0.5) is 0 Å². The van der Waals surface area contributed by atoms with Crippen molar-refractivity contribution in [2.24, 2.45) is 11.8 Å². The van der Waals surface area contributed by atoms with Crippen molar-refractivity contribution >= 4 is 0 Å². The van der Waals surface area contributed by atoms with Gasteiger partial charge in [0.25, 0.3) is 0 Å². The third-order valence-electron chi connectivity index (χ3n) is 4.36. The van der Waals surface area contributed by atoms with Crippen molar-refractivity contribution in [2.75, 3.05) is 0 Å². The molecule has 0 fully saturated rings. The zero-order chi connectivity index (χ0) is 14.6. The van der Waals surface area contributed by atoms with Crippen LogP contribution >= 0.6 is 0 Å². The second kappa shape index (κ2) is 6.59. The fourth-order valence-corrected chi connectivity index (χ4v) is 2.62. The van der Waals surface area contributed by atoms with E-state index >= 15 is 0 Å². The molecule has 2 unspecified atom stereocenters. The van der Waals surface area contributed by atoms with E-state index in [4.69, 9.17) is 0 Å². The molecule has 108 valence electrons. The van der Waals surface area contributed by atoms with E-state index in [1.54, 1.807) is 0 Å². The van der Waals surface area contributed by atoms with Crippen molar-refractivity contribution in [1.29, 1.82) is 0 Å². The molecule has 0 spiro atoms. The van der Waals surface area contributed by atoms with Crippen molar-refractivity contribution in [2.45, 2.75) is 72.6 Å². The minimum Gasteiger partial charge on any atom is -0.0651 e. The molecule has 1 aromatic carbocycles. The zero-order valence-electron chi connectivity index (χ0n) is 14.0. The molecule has 0 nitrogen and oxygen atoms in total. The van der Waals surface area contributed by atoms with Gasteiger partial charge in [-0.15, -0.1) is 0 Å². The molecule has 0 N–H and O–H groups in total. The third kappa shape index (κ3) is 4.67. The average molecular weight is 260 g/mol. The minimum absolute atomic E-state index is 0.253. The SMILES string of the molecule is CCC(C)CC(c1ccc(C(C)(C)C)cc1)C(C)C. The lowest BCUT2D eigenvalue weighted by Gasteiger charge is -2.26. The van der Waals surface area contributed by atoms with Crippen molar-refractivity contribution in [1.82, 2.24) is 0 Å². The van der Waals surface area contributed by atoms with Gasteiger partial charge in [-0.1, -0.05) is 79.2 Å². The molecule has 0 bridgehead atoms. The van der Waals surface area contributed by atoms with Crippen LogP contribution in [0.2, 0.25) is 0 Å². The lowest BCUT2D eigenvalue weighted by molar-refractivity contribution is 0.384. The van der Waals surface area contributed by atoms with Crippen LogP contribution in [0.1, 0.15) is 78.4 Å². The lowest BCUT2D eigenvalue weighted by atomic mass is 9.79. The molecule has 2 atom stereocenters. The Hall–Kier alpha value is -0.780. The molecule has 1 rings (SSSR count). The molecule has 0 amide bonds. The van der Waals surface area contributed by atoms with Gasteiger partial charge in [0.1, 0.15) is 0 Å². The predicted octanol–water partition coefficient (Wildman–Crippen LogP) is 6.16. The molecule has 19 heavy (non-hydrogen) atoms. The second-order valence-corrected chi connectivity index (χ2v) is 7.47. The number of hydrogen-bond acceptors (Lipinski definition) is 0. The highest BCUT2D eigenvalue weighted by molar-refractivity contribution is 5.29. The molecule has 0 heteroatoms. The summed E-state index contributed by atoms with van der Waals surface area (Å²) in [7, 11) is 0. The van der Waals surface area contributed by atoms with Crippen LogP contribution < -0.4 is 0 Å². The largest absolute Gasteiger partial charge is 0.0651 e. The maximum absolute atomic E-state index is 2.37. The van der Waals surface area contributed by atoms with Gasteiger partial charge in [0.05, 0.1) is 0 Å². The average Bonchev–Trinajstić information content (AvgIpc) is 2.34. The van der Waals surface area contributed by atoms with Crippen LogP contribution in [-0.2, 0) is 5.41 Å². The van der Waals surface area contributed by atoms with E-state index in [-0.39, 0.29) is 5.41 Å². The molecule has 0 saturated carbocycles. The maximum atomic E-state index is 2.37. The van der Waals surface area contributed by atoms with Crippen LogP contribution in [0.25, 0.3) is 0 Å². The molecule has 1 aromatic rings. The number of hydrogen-bond donors (Lipinski definition) is 0. The predicted molar refractivity (Wildman–Crippen MR) is 86.8 cm³/mol. The van der Waals surface area contributed by atoms with Crippen LogP contribution in [0, 0.1) is 11.8 Å². The Morgan fingerprint density at radius 3 is 1.84 bits per heavy atom. The van der Waals surface area contributed by atoms with Gasteiger partial charge in [0.2, 0.25) is 0 Å². The van der Waals surface area contributed by atoms with Crippen LogP contribution in [-0.4, -0.2) is 0 Å². The summed E-state index contributed by atoms with van der Waals surface area (Å²) in [5, 5.41) is 0. The van der Waals surface area contributed by atoms with E-state index in [9.17, 15) is 0 Å². The second-order valence-electron chi connectivity index (χ2n) is 7.47. The summed E-state index contributed by atoms with van der Waals surface area (Å²) >= 11 is 0. The summed E-state index contributed by atoms with van der Waals surface area (Å²) in [6.45, 7) is 16.2. The molecular formula is C19H32. The van der Waals surface area contributed by atoms with E-state index in [1.807, 2.05) is 0 Å². The third-order valence-corrected chi connectivity index (χ3v) is 4.36. The van der Waals surface area contributed by atoms with Crippen molar-refractivity contribution in [3.8, 4) is 0 Å². The topological polar surface area (TPSA) is 0 Å². The Morgan fingerprint density at radius 2 is 1.47 bits per heavy atom. The monoisotopic (exact) mass is 260 g/mol. The van der Waals surface area contributed by atoms with Gasteiger partial charge < -0.3 is 0 Å². The molecule has 0 saturated heterocycles. The first kappa shape index (κ1) is 16.3. The quantitative estimate of drug-likeness (QED) is 0.594. The standard InChI is InChI=1S/C19H32/c1-8-15(4)13-18(14(2)3)16-9-11-17(12-10-16)19(5,6)7/h9-12,14-15,18H,8,13H2,1-7H3. The summed E-state index contributed by atoms with van der Waals surface area (Å²) in [5.74, 6) is 2.23. The summed E-state index contributed by atoms with van der Waals surface area (Å²) in [6.07, 6.45) is 2.59. The Balaban J connectivity index is 2.92. The summed E-state index contributed by atoms with van der Waals surface area (Å²) in [5.41, 5.74) is 3.20. The van der Waals surface area contributed by atoms with Crippen molar-refractivity contribution in [3.63, 3.8) is 0 Å². The highest BCUT2D eigenvalue weighted by Crippen LogP contribution is 2.33. The van der Waals surface area contributed by atoms with Gasteiger partial charge in [-0.2, -0.15) is 0 Å². The normalized spacial score (nSPS) is 15.6. The first-order chi connectivity index (χ1) is 8.75. The zero-order valence-corrected chi connectivity index (χ0v) is 14.0. The van der Waals surface area contributed by atoms with Gasteiger partial charge in [-0.3, -0.25) is 0 Å². The Labute approximate surface area is 120 Å². The Kier molecular flexibility index (Phi) is 5.64. The van der Waals surface area contributed by atoms with E-state index in [0.717, 1.165) is 11.8 Å². The van der Waals surface area contributed by atoms with Gasteiger partial charge >= 0.3 is 0 Å². The van der Waals surface area contributed by atoms with Gasteiger partial charge in [0, 0.05) is 0 Å². The summed E-state index contributed by atoms with van der Waals surface area (Å²) in [4.78, 5) is 0. The van der Waals surface area contributed by atoms with Crippen molar-refractivity contribution < 1.29 is 0 Å². The fourth-order valence-electron chi connectivity index (χ4n) is 2.62. The molecular weight excluding hydrogens is 228 g/mol. The van der Waals surface area contributed by atoms with E-state index in [2.05, 4.69) is 72.7 Å². The lowest BCUT2D eigenvalue weighted by Crippen LogP contribution is -2.13. The van der Waals surface area contributed by atoms with Crippen LogP contribution in [0.15, 0.2) is 24.3 Å². The molecule has 0 aromatic heterocycles. The first-order valence-electron chi connectivity index (χ1n) is 7.86.